The number of rotatable bonds is 6. The van der Waals surface area contributed by atoms with Crippen LogP contribution in [0.25, 0.3) is 0 Å². The van der Waals surface area contributed by atoms with Gasteiger partial charge >= 0.3 is 0 Å². The number of hydrogen-bond donors (Lipinski definition) is 0. The number of likely N-dealkylation sites (tertiary alicyclic amines) is 2. The van der Waals surface area contributed by atoms with Crippen molar-refractivity contribution >= 4 is 23.6 Å². The fraction of sp³-hybridized carbons (Fsp3) is 0.600. The highest BCUT2D eigenvalue weighted by atomic mass is 16.2. The van der Waals surface area contributed by atoms with Crippen molar-refractivity contribution in [2.24, 2.45) is 29.6 Å². The van der Waals surface area contributed by atoms with Crippen LogP contribution in [-0.2, 0) is 19.2 Å². The van der Waals surface area contributed by atoms with Crippen molar-refractivity contribution in [1.82, 2.24) is 9.80 Å². The Bertz CT molecular complexity index is 695. The average molecular weight is 356 g/mol. The predicted octanol–water partition coefficient (Wildman–Crippen LogP) is 1.87. The second kappa shape index (κ2) is 6.49. The lowest BCUT2D eigenvalue weighted by Crippen LogP contribution is -2.45. The van der Waals surface area contributed by atoms with Crippen molar-refractivity contribution in [3.05, 3.63) is 24.3 Å². The molecule has 138 valence electrons. The van der Waals surface area contributed by atoms with Crippen molar-refractivity contribution in [2.45, 2.75) is 39.0 Å². The van der Waals surface area contributed by atoms with Crippen molar-refractivity contribution < 1.29 is 19.2 Å². The molecular weight excluding hydrogens is 332 g/mol. The second-order valence-electron chi connectivity index (χ2n) is 7.80. The number of hydrogen-bond acceptors (Lipinski definition) is 4. The van der Waals surface area contributed by atoms with Gasteiger partial charge in [0, 0.05) is 6.42 Å². The minimum Gasteiger partial charge on any atom is -0.274 e. The van der Waals surface area contributed by atoms with Crippen LogP contribution >= 0.6 is 0 Å². The van der Waals surface area contributed by atoms with Gasteiger partial charge < -0.3 is 0 Å². The molecule has 2 heterocycles. The lowest BCUT2D eigenvalue weighted by atomic mass is 9.85. The normalized spacial score (nSPS) is 35.7. The van der Waals surface area contributed by atoms with Gasteiger partial charge in [0.25, 0.3) is 0 Å². The fourth-order valence-corrected chi connectivity index (χ4v) is 4.87. The zero-order valence-electron chi connectivity index (χ0n) is 15.0. The van der Waals surface area contributed by atoms with Crippen LogP contribution in [0.3, 0.4) is 0 Å². The zero-order chi connectivity index (χ0) is 18.4. The number of imide groups is 2. The van der Waals surface area contributed by atoms with Crippen LogP contribution in [0.5, 0.6) is 0 Å². The van der Waals surface area contributed by atoms with Crippen LogP contribution in [-0.4, -0.2) is 40.1 Å². The molecular formula is C20H24N2O4. The molecule has 4 amide bonds. The molecule has 0 aromatic carbocycles. The summed E-state index contributed by atoms with van der Waals surface area (Å²) < 4.78 is 0. The quantitative estimate of drug-likeness (QED) is 0.538. The molecule has 2 aliphatic carbocycles. The van der Waals surface area contributed by atoms with E-state index in [-0.39, 0.29) is 66.3 Å². The topological polar surface area (TPSA) is 74.8 Å². The third kappa shape index (κ3) is 2.54. The lowest BCUT2D eigenvalue weighted by molar-refractivity contribution is -0.149. The summed E-state index contributed by atoms with van der Waals surface area (Å²) in [5, 5.41) is 0. The summed E-state index contributed by atoms with van der Waals surface area (Å²) in [5.74, 6) is -1.69. The van der Waals surface area contributed by atoms with Crippen LogP contribution in [0, 0.1) is 29.6 Å². The Balaban J connectivity index is 1.43. The second-order valence-corrected chi connectivity index (χ2v) is 7.80. The number of nitrogens with zero attached hydrogens (tertiary/aromatic N) is 2. The molecule has 0 radical (unpaired) electrons. The summed E-state index contributed by atoms with van der Waals surface area (Å²) in [4.78, 5) is 52.6. The standard InChI is InChI=1S/C20H24N2O4/c1-2-3-4-5-6-14-10-15(23)21(18(14)24)11-22-19(25)16-12-7-8-13(9-12)17(16)20(22)26/h4-5,7-8,12-14,16-17H,2-3,6,9-11H2,1H3/b5-4+. The Kier molecular flexibility index (Phi) is 4.29. The molecule has 4 aliphatic rings. The van der Waals surface area contributed by atoms with E-state index in [1.54, 1.807) is 0 Å². The van der Waals surface area contributed by atoms with Gasteiger partial charge in [-0.15, -0.1) is 0 Å². The fourth-order valence-electron chi connectivity index (χ4n) is 4.87. The number of amides is 4. The van der Waals surface area contributed by atoms with Gasteiger partial charge in [0.2, 0.25) is 23.6 Å². The highest BCUT2D eigenvalue weighted by molar-refractivity contribution is 6.08. The summed E-state index contributed by atoms with van der Waals surface area (Å²) in [6.07, 6.45) is 11.6. The van der Waals surface area contributed by atoms with E-state index in [1.165, 1.54) is 0 Å². The first-order chi connectivity index (χ1) is 12.5. The van der Waals surface area contributed by atoms with E-state index in [9.17, 15) is 19.2 Å². The van der Waals surface area contributed by atoms with E-state index in [2.05, 4.69) is 6.92 Å². The molecule has 1 saturated carbocycles. The largest absolute Gasteiger partial charge is 0.274 e. The van der Waals surface area contributed by atoms with E-state index < -0.39 is 0 Å². The van der Waals surface area contributed by atoms with E-state index in [1.807, 2.05) is 24.3 Å². The SMILES string of the molecule is CCC/C=C/CC1CC(=O)N(CN2C(=O)C3C4C=CC(C4)C3C2=O)C1=O. The molecule has 3 fully saturated rings. The van der Waals surface area contributed by atoms with E-state index in [0.29, 0.717) is 6.42 Å². The van der Waals surface area contributed by atoms with Crippen molar-refractivity contribution in [1.29, 1.82) is 0 Å². The van der Waals surface area contributed by atoms with Gasteiger partial charge in [-0.05, 0) is 31.1 Å². The van der Waals surface area contributed by atoms with Crippen LogP contribution in [0.15, 0.2) is 24.3 Å². The van der Waals surface area contributed by atoms with Gasteiger partial charge in [0.05, 0.1) is 17.8 Å². The molecule has 2 saturated heterocycles. The first kappa shape index (κ1) is 17.2. The molecule has 6 nitrogen and oxygen atoms in total. The maximum absolute atomic E-state index is 12.7. The zero-order valence-corrected chi connectivity index (χ0v) is 15.0. The third-order valence-corrected chi connectivity index (χ3v) is 6.22. The Morgan fingerprint density at radius 2 is 1.62 bits per heavy atom. The molecule has 0 N–H and O–H groups in total. The molecule has 2 bridgehead atoms. The molecule has 2 aliphatic heterocycles. The van der Waals surface area contributed by atoms with Gasteiger partial charge in [0.1, 0.15) is 6.67 Å². The van der Waals surface area contributed by atoms with Gasteiger partial charge in [0.15, 0.2) is 0 Å². The first-order valence-electron chi connectivity index (χ1n) is 9.55. The van der Waals surface area contributed by atoms with Gasteiger partial charge in [-0.25, -0.2) is 0 Å². The van der Waals surface area contributed by atoms with Crippen molar-refractivity contribution in [3.8, 4) is 0 Å². The number of fused-ring (bicyclic) bond motifs is 5. The summed E-state index contributed by atoms with van der Waals surface area (Å²) in [6, 6.07) is 0. The summed E-state index contributed by atoms with van der Waals surface area (Å²) in [6.45, 7) is 1.87. The van der Waals surface area contributed by atoms with E-state index in [4.69, 9.17) is 0 Å². The minimum atomic E-state index is -0.374. The molecule has 0 aromatic rings. The van der Waals surface area contributed by atoms with E-state index in [0.717, 1.165) is 29.1 Å². The summed E-state index contributed by atoms with van der Waals surface area (Å²) >= 11 is 0. The summed E-state index contributed by atoms with van der Waals surface area (Å²) in [5.41, 5.74) is 0. The summed E-state index contributed by atoms with van der Waals surface area (Å²) in [7, 11) is 0. The van der Waals surface area contributed by atoms with Crippen LogP contribution in [0.1, 0.15) is 39.0 Å². The van der Waals surface area contributed by atoms with Gasteiger partial charge in [-0.3, -0.25) is 29.0 Å². The number of allylic oxidation sites excluding steroid dienone is 4. The molecule has 4 rings (SSSR count). The van der Waals surface area contributed by atoms with Gasteiger partial charge in [-0.2, -0.15) is 0 Å². The maximum atomic E-state index is 12.7. The van der Waals surface area contributed by atoms with Gasteiger partial charge in [-0.1, -0.05) is 37.6 Å². The molecule has 5 unspecified atom stereocenters. The Labute approximate surface area is 152 Å². The smallest absolute Gasteiger partial charge is 0.235 e. The Morgan fingerprint density at radius 3 is 2.23 bits per heavy atom. The minimum absolute atomic E-state index is 0.132. The van der Waals surface area contributed by atoms with Crippen molar-refractivity contribution in [3.63, 3.8) is 0 Å². The number of carbonyl (C=O) groups excluding carboxylic acids is 4. The van der Waals surface area contributed by atoms with E-state index >= 15 is 0 Å². The highest BCUT2D eigenvalue weighted by Crippen LogP contribution is 2.52. The monoisotopic (exact) mass is 356 g/mol. The van der Waals surface area contributed by atoms with Crippen molar-refractivity contribution in [2.75, 3.05) is 6.67 Å². The highest BCUT2D eigenvalue weighted by Gasteiger charge is 2.59. The molecule has 6 heteroatoms. The lowest BCUT2D eigenvalue weighted by Gasteiger charge is -2.23. The van der Waals surface area contributed by atoms with Crippen LogP contribution in [0.2, 0.25) is 0 Å². The average Bonchev–Trinajstić information content (AvgIpc) is 3.35. The number of carbonyl (C=O) groups is 4. The molecule has 5 atom stereocenters. The molecule has 0 spiro atoms. The van der Waals surface area contributed by atoms with Crippen LogP contribution < -0.4 is 0 Å². The first-order valence-corrected chi connectivity index (χ1v) is 9.55. The molecule has 26 heavy (non-hydrogen) atoms. The maximum Gasteiger partial charge on any atom is 0.235 e. The number of unbranched alkanes of at least 4 members (excludes halogenated alkanes) is 1. The molecule has 0 aromatic heterocycles. The predicted molar refractivity (Wildman–Crippen MR) is 93.1 cm³/mol. The third-order valence-electron chi connectivity index (χ3n) is 6.22. The Morgan fingerprint density at radius 1 is 0.962 bits per heavy atom. The van der Waals surface area contributed by atoms with Crippen LogP contribution in [0.4, 0.5) is 0 Å². The Hall–Kier alpha value is -2.24.